The van der Waals surface area contributed by atoms with Gasteiger partial charge in [-0.3, -0.25) is 9.80 Å². The first-order valence-electron chi connectivity index (χ1n) is 11.8. The van der Waals surface area contributed by atoms with E-state index in [0.717, 1.165) is 57.0 Å². The van der Waals surface area contributed by atoms with Crippen LogP contribution in [0.5, 0.6) is 0 Å². The lowest BCUT2D eigenvalue weighted by Gasteiger charge is -2.42. The lowest BCUT2D eigenvalue weighted by molar-refractivity contribution is -0.00255. The van der Waals surface area contributed by atoms with E-state index in [1.165, 1.54) is 29.4 Å². The molecule has 0 N–H and O–H groups in total. The maximum atomic E-state index is 5.55. The van der Waals surface area contributed by atoms with E-state index in [1.807, 2.05) is 0 Å². The van der Waals surface area contributed by atoms with E-state index < -0.39 is 0 Å². The summed E-state index contributed by atoms with van der Waals surface area (Å²) in [5.41, 5.74) is 4.80. The molecule has 2 saturated heterocycles. The number of piperidine rings is 1. The Hall–Kier alpha value is -2.27. The van der Waals surface area contributed by atoms with Crippen molar-refractivity contribution < 1.29 is 4.74 Å². The molecule has 1 atom stereocenters. The van der Waals surface area contributed by atoms with Crippen LogP contribution in [0.25, 0.3) is 16.5 Å². The Kier molecular flexibility index (Phi) is 6.30. The Bertz CT molecular complexity index is 995. The van der Waals surface area contributed by atoms with Gasteiger partial charge in [0, 0.05) is 43.6 Å². The van der Waals surface area contributed by atoms with Crippen LogP contribution in [0.3, 0.4) is 0 Å². The summed E-state index contributed by atoms with van der Waals surface area (Å²) in [4.78, 5) is 10.3. The van der Waals surface area contributed by atoms with Crippen LogP contribution in [-0.4, -0.2) is 60.2 Å². The van der Waals surface area contributed by atoms with E-state index in [2.05, 4.69) is 77.4 Å². The molecule has 3 aliphatic rings. The molecule has 0 saturated carbocycles. The summed E-state index contributed by atoms with van der Waals surface area (Å²) in [6, 6.07) is 12.1. The normalized spacial score (nSPS) is 22.4. The summed E-state index contributed by atoms with van der Waals surface area (Å²) in [5, 5.41) is 1.28. The molecular formula is C27H33N3O. The summed E-state index contributed by atoms with van der Waals surface area (Å²) < 4.78 is 5.55. The van der Waals surface area contributed by atoms with Gasteiger partial charge < -0.3 is 4.74 Å². The third-order valence-corrected chi connectivity index (χ3v) is 7.10. The van der Waals surface area contributed by atoms with Crippen molar-refractivity contribution >= 4 is 16.5 Å². The van der Waals surface area contributed by atoms with Crippen LogP contribution in [0, 0.1) is 0 Å². The van der Waals surface area contributed by atoms with Gasteiger partial charge in [-0.25, -0.2) is 4.98 Å². The second-order valence-electron chi connectivity index (χ2n) is 8.89. The van der Waals surface area contributed by atoms with E-state index in [4.69, 9.17) is 9.72 Å². The molecule has 3 heterocycles. The summed E-state index contributed by atoms with van der Waals surface area (Å²) in [5.74, 6) is 0. The molecule has 1 aromatic heterocycles. The van der Waals surface area contributed by atoms with Crippen LogP contribution in [-0.2, 0) is 4.74 Å². The van der Waals surface area contributed by atoms with Crippen molar-refractivity contribution in [1.82, 2.24) is 14.8 Å². The van der Waals surface area contributed by atoms with Gasteiger partial charge in [0.2, 0.25) is 0 Å². The number of ether oxygens (including phenoxy) is 1. The van der Waals surface area contributed by atoms with Crippen molar-refractivity contribution in [2.45, 2.75) is 38.3 Å². The number of likely N-dealkylation sites (tertiary alicyclic amines) is 1. The molecule has 2 fully saturated rings. The number of rotatable bonds is 4. The fourth-order valence-electron chi connectivity index (χ4n) is 5.24. The van der Waals surface area contributed by atoms with Gasteiger partial charge in [0.15, 0.2) is 0 Å². The number of benzene rings is 1. The molecule has 5 rings (SSSR count). The van der Waals surface area contributed by atoms with Crippen molar-refractivity contribution in [3.05, 3.63) is 72.0 Å². The molecule has 4 heteroatoms. The summed E-state index contributed by atoms with van der Waals surface area (Å²) >= 11 is 0. The predicted molar refractivity (Wildman–Crippen MR) is 128 cm³/mol. The molecule has 1 aliphatic carbocycles. The van der Waals surface area contributed by atoms with Gasteiger partial charge in [0.25, 0.3) is 0 Å². The van der Waals surface area contributed by atoms with Crippen molar-refractivity contribution in [2.24, 2.45) is 0 Å². The number of nitrogens with zero attached hydrogens (tertiary/aromatic N) is 3. The highest BCUT2D eigenvalue weighted by molar-refractivity contribution is 5.86. The number of morpholine rings is 1. The number of pyridine rings is 1. The largest absolute Gasteiger partial charge is 0.379 e. The predicted octanol–water partition coefficient (Wildman–Crippen LogP) is 4.99. The van der Waals surface area contributed by atoms with Crippen LogP contribution in [0.1, 0.15) is 43.5 Å². The van der Waals surface area contributed by atoms with Crippen LogP contribution in [0.15, 0.2) is 60.7 Å². The van der Waals surface area contributed by atoms with Gasteiger partial charge in [-0.05, 0) is 49.5 Å². The third-order valence-electron chi connectivity index (χ3n) is 7.10. The first-order chi connectivity index (χ1) is 15.3. The van der Waals surface area contributed by atoms with Gasteiger partial charge in [-0.15, -0.1) is 0 Å². The Morgan fingerprint density at radius 2 is 1.84 bits per heavy atom. The number of para-hydroxylation sites is 1. The standard InChI is InChI=1S/C27H33N3O/c1-21(29-14-12-23(13-15-29)30-16-18-31-19-17-30)25-20-27(22-8-4-2-3-5-9-22)28-26-11-7-6-10-24(25)26/h2-4,6-11,20-21,23H,5,12-19H2,1H3. The maximum Gasteiger partial charge on any atom is 0.0712 e. The van der Waals surface area contributed by atoms with Gasteiger partial charge >= 0.3 is 0 Å². The van der Waals surface area contributed by atoms with Crippen LogP contribution < -0.4 is 0 Å². The number of aromatic nitrogens is 1. The molecule has 2 aromatic rings. The molecule has 0 bridgehead atoms. The third kappa shape index (κ3) is 4.52. The van der Waals surface area contributed by atoms with E-state index in [9.17, 15) is 0 Å². The molecular weight excluding hydrogens is 382 g/mol. The highest BCUT2D eigenvalue weighted by Gasteiger charge is 2.29. The Labute approximate surface area is 185 Å². The molecule has 31 heavy (non-hydrogen) atoms. The highest BCUT2D eigenvalue weighted by Crippen LogP contribution is 2.33. The van der Waals surface area contributed by atoms with E-state index in [0.29, 0.717) is 12.1 Å². The first-order valence-corrected chi connectivity index (χ1v) is 11.8. The molecule has 0 radical (unpaired) electrons. The minimum absolute atomic E-state index is 0.380. The zero-order valence-corrected chi connectivity index (χ0v) is 18.5. The van der Waals surface area contributed by atoms with Gasteiger partial charge in [-0.2, -0.15) is 0 Å². The summed E-state index contributed by atoms with van der Waals surface area (Å²) in [7, 11) is 0. The number of hydrogen-bond donors (Lipinski definition) is 0. The first kappa shape index (κ1) is 20.6. The van der Waals surface area contributed by atoms with Gasteiger partial charge in [0.1, 0.15) is 0 Å². The lowest BCUT2D eigenvalue weighted by Crippen LogP contribution is -2.49. The molecule has 0 spiro atoms. The Balaban J connectivity index is 1.39. The fourth-order valence-corrected chi connectivity index (χ4v) is 5.24. The van der Waals surface area contributed by atoms with Crippen molar-refractivity contribution in [2.75, 3.05) is 39.4 Å². The topological polar surface area (TPSA) is 28.6 Å². The van der Waals surface area contributed by atoms with Crippen molar-refractivity contribution in [3.63, 3.8) is 0 Å². The van der Waals surface area contributed by atoms with Crippen molar-refractivity contribution in [1.29, 1.82) is 0 Å². The maximum absolute atomic E-state index is 5.55. The SMILES string of the molecule is CC(c1cc(C2=CCC=CC=C2)nc2ccccc12)N1CCC(N2CCOCC2)CC1. The molecule has 2 aliphatic heterocycles. The number of allylic oxidation sites excluding steroid dienone is 6. The van der Waals surface area contributed by atoms with E-state index >= 15 is 0 Å². The van der Waals surface area contributed by atoms with Crippen molar-refractivity contribution in [3.8, 4) is 0 Å². The van der Waals surface area contributed by atoms with E-state index in [-0.39, 0.29) is 0 Å². The van der Waals surface area contributed by atoms with Crippen LogP contribution >= 0.6 is 0 Å². The fraction of sp³-hybridized carbons (Fsp3) is 0.444. The zero-order chi connectivity index (χ0) is 21.0. The molecule has 1 unspecified atom stereocenters. The Morgan fingerprint density at radius 1 is 1.03 bits per heavy atom. The van der Waals surface area contributed by atoms with E-state index in [1.54, 1.807) is 0 Å². The number of fused-ring (bicyclic) bond motifs is 1. The second-order valence-corrected chi connectivity index (χ2v) is 8.89. The van der Waals surface area contributed by atoms with Gasteiger partial charge in [-0.1, -0.05) is 48.6 Å². The molecule has 0 amide bonds. The average molecular weight is 416 g/mol. The summed E-state index contributed by atoms with van der Waals surface area (Å²) in [6.07, 6.45) is 14.3. The monoisotopic (exact) mass is 415 g/mol. The van der Waals surface area contributed by atoms with Gasteiger partial charge in [0.05, 0.1) is 24.4 Å². The zero-order valence-electron chi connectivity index (χ0n) is 18.5. The quantitative estimate of drug-likeness (QED) is 0.703. The highest BCUT2D eigenvalue weighted by atomic mass is 16.5. The minimum Gasteiger partial charge on any atom is -0.379 e. The smallest absolute Gasteiger partial charge is 0.0712 e. The molecule has 1 aromatic carbocycles. The van der Waals surface area contributed by atoms with Crippen LogP contribution in [0.2, 0.25) is 0 Å². The minimum atomic E-state index is 0.380. The summed E-state index contributed by atoms with van der Waals surface area (Å²) in [6.45, 7) is 8.65. The molecule has 162 valence electrons. The lowest BCUT2D eigenvalue weighted by atomic mass is 9.95. The van der Waals surface area contributed by atoms with Crippen LogP contribution in [0.4, 0.5) is 0 Å². The average Bonchev–Trinajstić information content (AvgIpc) is 3.13. The molecule has 4 nitrogen and oxygen atoms in total. The number of hydrogen-bond acceptors (Lipinski definition) is 4. The Morgan fingerprint density at radius 3 is 2.68 bits per heavy atom. The second kappa shape index (κ2) is 9.47.